The molecule has 144 heavy (non-hydrogen) atoms. The summed E-state index contributed by atoms with van der Waals surface area (Å²) in [6.45, 7) is 9.02. The van der Waals surface area contributed by atoms with Gasteiger partial charge < -0.3 is 36.5 Å². The average Bonchev–Trinajstić information content (AvgIpc) is 1.69. The zero-order valence-corrected chi connectivity index (χ0v) is 78.5. The van der Waals surface area contributed by atoms with E-state index in [0.29, 0.717) is 107 Å². The lowest BCUT2D eigenvalue weighted by Crippen LogP contribution is -2.54. The number of aromatic nitrogens is 2. The van der Waals surface area contributed by atoms with Crippen molar-refractivity contribution in [1.82, 2.24) is 70.9 Å². The van der Waals surface area contributed by atoms with E-state index in [-0.39, 0.29) is 145 Å². The van der Waals surface area contributed by atoms with Crippen molar-refractivity contribution in [2.45, 2.75) is 173 Å². The first-order valence-corrected chi connectivity index (χ1v) is 46.8. The minimum atomic E-state index is -0.959. The normalized spacial score (nSPS) is 20.6. The molecule has 12 aliphatic heterocycles. The van der Waals surface area contributed by atoms with Crippen molar-refractivity contribution < 1.29 is 110 Å². The number of aryl methyl sites for hydroxylation is 3. The quantitative estimate of drug-likeness (QED) is 0.0467. The van der Waals surface area contributed by atoms with E-state index in [1.165, 1.54) is 39.3 Å². The zero-order chi connectivity index (χ0) is 102. The number of fused-ring (bicyclic) bond motifs is 6. The van der Waals surface area contributed by atoms with Crippen LogP contribution in [0.25, 0.3) is 10.9 Å². The smallest absolute Gasteiger partial charge is 0.264 e. The molecule has 20 amide bonds. The van der Waals surface area contributed by atoms with Crippen molar-refractivity contribution in [1.29, 1.82) is 0 Å². The van der Waals surface area contributed by atoms with Gasteiger partial charge >= 0.3 is 0 Å². The summed E-state index contributed by atoms with van der Waals surface area (Å²) in [6.07, 6.45) is 3.73. The number of imide groups is 9. The Morgan fingerprint density at radius 3 is 1.31 bits per heavy atom. The van der Waals surface area contributed by atoms with Crippen molar-refractivity contribution in [3.8, 4) is 5.75 Å². The summed E-state index contributed by atoms with van der Waals surface area (Å²) in [5.74, 6) is -7.67. The summed E-state index contributed by atoms with van der Waals surface area (Å²) in [5.41, 5.74) is 27.4. The monoisotopic (exact) mass is 1980 g/mol. The fraction of sp³-hybridized carbons (Fsp3) is 0.304. The van der Waals surface area contributed by atoms with Crippen LogP contribution >= 0.6 is 11.6 Å². The van der Waals surface area contributed by atoms with E-state index in [9.17, 15) is 105 Å². The van der Waals surface area contributed by atoms with Gasteiger partial charge in [0.2, 0.25) is 70.9 Å². The highest BCUT2D eigenvalue weighted by Crippen LogP contribution is 2.38. The number of hydrogen-bond donors (Lipinski definition) is 9. The number of anilines is 3. The van der Waals surface area contributed by atoms with Gasteiger partial charge in [0.05, 0.1) is 64.0 Å². The third-order valence-corrected chi connectivity index (χ3v) is 26.8. The largest absolute Gasteiger partial charge is 0.489 e. The van der Waals surface area contributed by atoms with E-state index in [0.717, 1.165) is 80.9 Å². The second-order valence-electron chi connectivity index (χ2n) is 35.8. The molecule has 740 valence electrons. The number of nitrogens with two attached hydrogens (primary N) is 3. The van der Waals surface area contributed by atoms with Gasteiger partial charge in [0, 0.05) is 116 Å². The minimum absolute atomic E-state index is 0.0965. The van der Waals surface area contributed by atoms with Crippen LogP contribution in [-0.4, -0.2) is 219 Å². The third-order valence-electron chi connectivity index (χ3n) is 26.4. The number of benzene rings is 8. The number of rotatable bonds is 16. The van der Waals surface area contributed by atoms with Crippen molar-refractivity contribution in [3.63, 3.8) is 0 Å². The molecule has 42 heteroatoms. The fourth-order valence-corrected chi connectivity index (χ4v) is 19.1. The Morgan fingerprint density at radius 2 is 0.819 bits per heavy atom. The third kappa shape index (κ3) is 21.1. The van der Waals surface area contributed by atoms with Crippen LogP contribution in [0.2, 0.25) is 5.02 Å². The molecule has 7 saturated heterocycles. The van der Waals surface area contributed by atoms with Gasteiger partial charge in [0.15, 0.2) is 0 Å². The highest BCUT2D eigenvalue weighted by atomic mass is 35.5. The van der Waals surface area contributed by atoms with Crippen molar-refractivity contribution in [3.05, 3.63) is 262 Å². The molecule has 41 nitrogen and oxygen atoms in total. The molecular formula is C102H96ClN17O24. The van der Waals surface area contributed by atoms with Crippen LogP contribution in [0.4, 0.5) is 17.1 Å². The highest BCUT2D eigenvalue weighted by molar-refractivity contribution is 6.31. The fourth-order valence-electron chi connectivity index (χ4n) is 18.9. The summed E-state index contributed by atoms with van der Waals surface area (Å²) in [4.78, 5) is 276. The van der Waals surface area contributed by atoms with Crippen LogP contribution in [0.3, 0.4) is 0 Å². The van der Waals surface area contributed by atoms with Gasteiger partial charge in [-0.3, -0.25) is 162 Å². The maximum Gasteiger partial charge on any atom is 0.264 e. The molecule has 6 atom stereocenters. The molecule has 0 saturated carbocycles. The van der Waals surface area contributed by atoms with Gasteiger partial charge in [0.1, 0.15) is 60.2 Å². The summed E-state index contributed by atoms with van der Waals surface area (Å²) in [6, 6.07) is 40.9. The Hall–Kier alpha value is -16.8. The average molecular weight is 1980 g/mol. The molecule has 0 aliphatic carbocycles. The number of ketones is 1. The number of nitrogens with one attached hydrogen (secondary N) is 6. The zero-order valence-electron chi connectivity index (χ0n) is 77.7. The van der Waals surface area contributed by atoms with Crippen molar-refractivity contribution in [2.24, 2.45) is 0 Å². The lowest BCUT2D eigenvalue weighted by molar-refractivity contribution is -0.138. The van der Waals surface area contributed by atoms with Crippen LogP contribution in [0.1, 0.15) is 217 Å². The van der Waals surface area contributed by atoms with Crippen LogP contribution in [-0.2, 0) is 106 Å². The number of amides is 20. The van der Waals surface area contributed by atoms with Crippen molar-refractivity contribution in [2.75, 3.05) is 43.5 Å². The Kier molecular flexibility index (Phi) is 29.7. The van der Waals surface area contributed by atoms with E-state index in [4.69, 9.17) is 38.3 Å². The molecule has 1 aromatic heterocycles. The Balaban J connectivity index is 0.000000126. The predicted octanol–water partition coefficient (Wildman–Crippen LogP) is 4.71. The lowest BCUT2D eigenvalue weighted by atomic mass is 9.99. The van der Waals surface area contributed by atoms with E-state index in [1.54, 1.807) is 84.6 Å². The van der Waals surface area contributed by atoms with E-state index in [2.05, 4.69) is 66.1 Å². The van der Waals surface area contributed by atoms with Gasteiger partial charge in [-0.25, -0.2) is 4.98 Å². The first-order chi connectivity index (χ1) is 69.0. The van der Waals surface area contributed by atoms with Gasteiger partial charge in [0.25, 0.3) is 52.8 Å². The molecule has 8 aromatic carbocycles. The number of nitrogens with zero attached hydrogens (tertiary/aromatic N) is 8. The molecule has 13 heterocycles. The number of morpholine rings is 1. The molecule has 0 radical (unpaired) electrons. The summed E-state index contributed by atoms with van der Waals surface area (Å²) < 4.78 is 12.8. The Bertz CT molecular complexity index is 6900. The maximum absolute atomic E-state index is 12.9. The van der Waals surface area contributed by atoms with Crippen molar-refractivity contribution >= 4 is 163 Å². The number of piperidine rings is 6. The summed E-state index contributed by atoms with van der Waals surface area (Å²) in [5, 5.41) is 14.3. The second kappa shape index (κ2) is 42.7. The first kappa shape index (κ1) is 100. The van der Waals surface area contributed by atoms with Crippen LogP contribution < -0.4 is 59.4 Å². The Morgan fingerprint density at radius 1 is 0.410 bits per heavy atom. The number of hydrogen-bond acceptors (Lipinski definition) is 29. The molecule has 7 fully saturated rings. The van der Waals surface area contributed by atoms with Gasteiger partial charge in [-0.1, -0.05) is 96.5 Å². The molecule has 9 aromatic rings. The molecule has 0 bridgehead atoms. The number of carbonyl (C=O) groups is 21. The molecule has 6 unspecified atom stereocenters. The molecule has 0 spiro atoms. The minimum Gasteiger partial charge on any atom is -0.489 e. The predicted molar refractivity (Wildman–Crippen MR) is 510 cm³/mol. The SMILES string of the molecule is Cc1ccc(CC(=O)CCc2ccc3c(c2)CN(C2CCC(=O)NC2=O)C3=O)cc1Cl.Cc1nc2cccc(N)c2c(=O)n1C1CCC(=O)NC1=O.Nc1cccc2c1C(=O)N(C1CCC(=O)NC1=O)C2=O.Nc1cccc2c1C(=O)N(C1CCC(=O)NC1=O)C2=O.O=C1CCC(N2C(=O)c3ccccc3C2=O)C(=O)N1.O=C1CCC(N2Cc3c(OCc4ccc(CN5CCOCC5)cc4)cccc3C2=O)C(=O)N1. The standard InChI is InChI=1S/C25H27N3O5.C24H23ClN2O4.C14H14N4O3.2C13H11N3O4.C13H10N2O4/c29-23-9-8-21(24(30)26-23)28-15-20-19(25(28)31)2-1-3-22(20)33-16-18-6-4-17(5-7-18)14-27-10-12-32-13-11-27;1-14-2-3-16(12-20(14)25)11-18(28)6-4-15-5-7-19-17(10-15)13-27(24(19)31)21-8-9-22(29)26-23(21)30;1-7-16-9-4-2-3-8(15)12(9)14(21)18(7)10-5-6-11(19)17-13(10)20;2*14-7-3-1-2-6-10(7)13(20)16(12(6)19)8-4-5-9(17)15-11(8)18;16-10-6-5-9(11(17)14-10)15-12(18)7-3-1-2-4-8(7)13(15)19/h1-7,21H,8-16H2,(H,26,29,30);2-3,5,7,10,12,21H,4,6,8-9,11,13H2,1H3,(H,26,29,30);2-4,10H,5-6,15H2,1H3,(H,17,19,20);2*1-3,8H,4-5,14H2,(H,15,17,18);1-4,9H,5-6H2,(H,14,16,17). The molecule has 21 rings (SSSR count). The number of Topliss-reactive ketones (excluding diaryl/α,β-unsaturated/α-hetero) is 1. The van der Waals surface area contributed by atoms with Crippen LogP contribution in [0, 0.1) is 13.8 Å². The molecule has 12 aliphatic rings. The summed E-state index contributed by atoms with van der Waals surface area (Å²) in [7, 11) is 0. The van der Waals surface area contributed by atoms with E-state index >= 15 is 0 Å². The molecular weight excluding hydrogens is 1880 g/mol. The van der Waals surface area contributed by atoms with E-state index < -0.39 is 119 Å². The van der Waals surface area contributed by atoms with Gasteiger partial charge in [-0.05, 0) is 165 Å². The first-order valence-electron chi connectivity index (χ1n) is 46.4. The number of halogens is 1. The molecule has 12 N–H and O–H groups in total. The van der Waals surface area contributed by atoms with Crippen LogP contribution in [0.15, 0.2) is 163 Å². The maximum atomic E-state index is 12.9. The summed E-state index contributed by atoms with van der Waals surface area (Å²) >= 11 is 6.14. The highest BCUT2D eigenvalue weighted by Gasteiger charge is 2.50. The van der Waals surface area contributed by atoms with Gasteiger partial charge in [-0.15, -0.1) is 0 Å². The van der Waals surface area contributed by atoms with Gasteiger partial charge in [-0.2, -0.15) is 0 Å². The number of nitrogen functional groups attached to an aromatic ring is 3. The number of ether oxygens (including phenoxy) is 2. The Labute approximate surface area is 824 Å². The van der Waals surface area contributed by atoms with E-state index in [1.807, 2.05) is 43.3 Å². The topological polar surface area (TPSA) is 582 Å². The second-order valence-corrected chi connectivity index (χ2v) is 36.2. The lowest BCUT2D eigenvalue weighted by Gasteiger charge is -2.29. The van der Waals surface area contributed by atoms with Crippen LogP contribution in [0.5, 0.6) is 5.75 Å². The number of carbonyl (C=O) groups excluding carboxylic acids is 21.